The summed E-state index contributed by atoms with van der Waals surface area (Å²) in [6, 6.07) is 20.0. The number of carbonyl (C=O) groups excluding carboxylic acids is 2. The van der Waals surface area contributed by atoms with E-state index in [-0.39, 0.29) is 17.0 Å². The Morgan fingerprint density at radius 3 is 2.21 bits per heavy atom. The maximum absolute atomic E-state index is 13.7. The summed E-state index contributed by atoms with van der Waals surface area (Å²) in [7, 11) is 3.18. The zero-order valence-corrected chi connectivity index (χ0v) is 18.3. The van der Waals surface area contributed by atoms with Crippen LogP contribution >= 0.6 is 0 Å². The summed E-state index contributed by atoms with van der Waals surface area (Å²) in [5, 5.41) is 11.1. The third-order valence-corrected chi connectivity index (χ3v) is 5.48. The van der Waals surface area contributed by atoms with Crippen LogP contribution in [0.4, 0.5) is 17.1 Å². The van der Waals surface area contributed by atoms with Crippen molar-refractivity contribution in [1.82, 2.24) is 0 Å². The van der Waals surface area contributed by atoms with Gasteiger partial charge < -0.3 is 9.64 Å². The van der Waals surface area contributed by atoms with Crippen LogP contribution in [0.15, 0.2) is 78.5 Å². The van der Waals surface area contributed by atoms with Crippen LogP contribution in [0.1, 0.15) is 11.1 Å². The van der Waals surface area contributed by atoms with E-state index in [0.717, 1.165) is 10.5 Å². The van der Waals surface area contributed by atoms with Gasteiger partial charge in [-0.3, -0.25) is 19.7 Å². The average Bonchev–Trinajstić information content (AvgIpc) is 3.08. The van der Waals surface area contributed by atoms with Crippen LogP contribution in [0, 0.1) is 17.0 Å². The van der Waals surface area contributed by atoms with Gasteiger partial charge in [0.25, 0.3) is 17.5 Å². The molecule has 1 aliphatic rings. The molecule has 0 aromatic heterocycles. The van der Waals surface area contributed by atoms with Crippen molar-refractivity contribution >= 4 is 34.4 Å². The molecular weight excluding hydrogens is 422 g/mol. The lowest BCUT2D eigenvalue weighted by Gasteiger charge is -2.22. The Morgan fingerprint density at radius 1 is 0.939 bits per heavy atom. The molecule has 0 N–H and O–H groups in total. The number of carbonyl (C=O) groups is 2. The van der Waals surface area contributed by atoms with E-state index in [0.29, 0.717) is 22.7 Å². The molecule has 0 unspecified atom stereocenters. The molecule has 3 aromatic carbocycles. The Bertz CT molecular complexity index is 1280. The van der Waals surface area contributed by atoms with Crippen LogP contribution in [0.25, 0.3) is 5.57 Å². The summed E-state index contributed by atoms with van der Waals surface area (Å²) < 4.78 is 5.42. The Hall–Kier alpha value is -4.46. The third-order valence-electron chi connectivity index (χ3n) is 5.48. The van der Waals surface area contributed by atoms with Crippen molar-refractivity contribution in [3.8, 4) is 5.75 Å². The van der Waals surface area contributed by atoms with Crippen LogP contribution in [0.5, 0.6) is 5.75 Å². The molecule has 8 nitrogen and oxygen atoms in total. The van der Waals surface area contributed by atoms with Crippen LogP contribution < -0.4 is 14.5 Å². The lowest BCUT2D eigenvalue weighted by Crippen LogP contribution is -2.34. The van der Waals surface area contributed by atoms with Crippen LogP contribution in [-0.2, 0) is 9.59 Å². The van der Waals surface area contributed by atoms with Gasteiger partial charge in [0.1, 0.15) is 11.4 Å². The normalized spacial score (nSPS) is 13.5. The molecule has 0 saturated carbocycles. The molecule has 8 heteroatoms. The second-order valence-corrected chi connectivity index (χ2v) is 7.54. The van der Waals surface area contributed by atoms with Crippen molar-refractivity contribution in [2.75, 3.05) is 24.0 Å². The van der Waals surface area contributed by atoms with Gasteiger partial charge in [-0.25, -0.2) is 4.90 Å². The summed E-state index contributed by atoms with van der Waals surface area (Å²) in [6.07, 6.45) is 0. The summed E-state index contributed by atoms with van der Waals surface area (Å²) in [5.41, 5.74) is 2.54. The Kier molecular flexibility index (Phi) is 5.66. The van der Waals surface area contributed by atoms with E-state index in [1.165, 1.54) is 31.4 Å². The van der Waals surface area contributed by atoms with Gasteiger partial charge >= 0.3 is 0 Å². The second-order valence-electron chi connectivity index (χ2n) is 7.54. The Balaban J connectivity index is 1.90. The van der Waals surface area contributed by atoms with Crippen molar-refractivity contribution in [2.24, 2.45) is 0 Å². The van der Waals surface area contributed by atoms with Crippen molar-refractivity contribution in [3.63, 3.8) is 0 Å². The number of rotatable bonds is 6. The predicted molar refractivity (Wildman–Crippen MR) is 125 cm³/mol. The topological polar surface area (TPSA) is 93.0 Å². The number of anilines is 2. The number of hydrogen-bond donors (Lipinski definition) is 0. The molecule has 0 bridgehead atoms. The zero-order chi connectivity index (χ0) is 23.7. The second kappa shape index (κ2) is 8.58. The first-order valence-electron chi connectivity index (χ1n) is 10.1. The summed E-state index contributed by atoms with van der Waals surface area (Å²) in [5.74, 6) is -0.659. The number of non-ortho nitro benzene ring substituents is 1. The fraction of sp³-hybridized carbons (Fsp3) is 0.120. The van der Waals surface area contributed by atoms with Gasteiger partial charge in [0, 0.05) is 24.9 Å². The fourth-order valence-electron chi connectivity index (χ4n) is 3.81. The lowest BCUT2D eigenvalue weighted by atomic mass is 10.0. The summed E-state index contributed by atoms with van der Waals surface area (Å²) in [6.45, 7) is 1.86. The molecule has 2 amide bonds. The van der Waals surface area contributed by atoms with Crippen molar-refractivity contribution in [2.45, 2.75) is 6.92 Å². The molecule has 0 aliphatic carbocycles. The number of nitrogens with zero attached hydrogens (tertiary/aromatic N) is 3. The van der Waals surface area contributed by atoms with Crippen molar-refractivity contribution < 1.29 is 19.2 Å². The van der Waals surface area contributed by atoms with Gasteiger partial charge in [-0.05, 0) is 54.4 Å². The standard InChI is InChI=1S/C25H21N3O5/c1-16-9-14-21(33-3)20(15-16)27-24(29)22(17-10-12-19(13-11-17)28(31)32)23(25(27)30)26(2)18-7-5-4-6-8-18/h4-15H,1-3H3. The first kappa shape index (κ1) is 21.8. The van der Waals surface area contributed by atoms with Gasteiger partial charge in [0.05, 0.1) is 23.3 Å². The van der Waals surface area contributed by atoms with E-state index in [9.17, 15) is 19.7 Å². The number of likely N-dealkylation sites (N-methyl/N-ethyl adjacent to an activating group) is 1. The van der Waals surface area contributed by atoms with Gasteiger partial charge in [0.2, 0.25) is 0 Å². The molecule has 0 fully saturated rings. The lowest BCUT2D eigenvalue weighted by molar-refractivity contribution is -0.384. The predicted octanol–water partition coefficient (Wildman–Crippen LogP) is 4.33. The average molecular weight is 443 g/mol. The number of benzene rings is 3. The third kappa shape index (κ3) is 3.82. The highest BCUT2D eigenvalue weighted by molar-refractivity contribution is 6.46. The number of para-hydroxylation sites is 1. The van der Waals surface area contributed by atoms with E-state index in [4.69, 9.17) is 4.74 Å². The molecular formula is C25H21N3O5. The van der Waals surface area contributed by atoms with Gasteiger partial charge in [-0.15, -0.1) is 0 Å². The number of methoxy groups -OCH3 is 1. The number of aryl methyl sites for hydroxylation is 1. The summed E-state index contributed by atoms with van der Waals surface area (Å²) >= 11 is 0. The fourth-order valence-corrected chi connectivity index (χ4v) is 3.81. The smallest absolute Gasteiger partial charge is 0.282 e. The number of ether oxygens (including phenoxy) is 1. The molecule has 0 spiro atoms. The minimum atomic E-state index is -0.532. The van der Waals surface area contributed by atoms with E-state index in [2.05, 4.69) is 0 Å². The maximum Gasteiger partial charge on any atom is 0.282 e. The largest absolute Gasteiger partial charge is 0.495 e. The van der Waals surface area contributed by atoms with E-state index in [1.54, 1.807) is 24.1 Å². The Labute approximate surface area is 190 Å². The zero-order valence-electron chi connectivity index (χ0n) is 18.3. The molecule has 1 heterocycles. The van der Waals surface area contributed by atoms with E-state index < -0.39 is 16.7 Å². The highest BCUT2D eigenvalue weighted by Gasteiger charge is 2.43. The van der Waals surface area contributed by atoms with Crippen LogP contribution in [0.3, 0.4) is 0 Å². The first-order valence-corrected chi connectivity index (χ1v) is 10.1. The molecule has 166 valence electrons. The minimum absolute atomic E-state index is 0.105. The van der Waals surface area contributed by atoms with Crippen LogP contribution in [0.2, 0.25) is 0 Å². The first-order chi connectivity index (χ1) is 15.8. The van der Waals surface area contributed by atoms with Gasteiger partial charge in [0.15, 0.2) is 0 Å². The molecule has 0 radical (unpaired) electrons. The van der Waals surface area contributed by atoms with Gasteiger partial charge in [-0.1, -0.05) is 24.3 Å². The summed E-state index contributed by atoms with van der Waals surface area (Å²) in [4.78, 5) is 40.7. The van der Waals surface area contributed by atoms with E-state index in [1.807, 2.05) is 43.3 Å². The van der Waals surface area contributed by atoms with Crippen LogP contribution in [-0.4, -0.2) is 30.9 Å². The quantitative estimate of drug-likeness (QED) is 0.320. The molecule has 3 aromatic rings. The van der Waals surface area contributed by atoms with E-state index >= 15 is 0 Å². The maximum atomic E-state index is 13.7. The van der Waals surface area contributed by atoms with Gasteiger partial charge in [-0.2, -0.15) is 0 Å². The van der Waals surface area contributed by atoms with Crippen molar-refractivity contribution in [1.29, 1.82) is 0 Å². The number of nitro groups is 1. The number of amides is 2. The highest BCUT2D eigenvalue weighted by atomic mass is 16.6. The molecule has 33 heavy (non-hydrogen) atoms. The molecule has 1 aliphatic heterocycles. The highest BCUT2D eigenvalue weighted by Crippen LogP contribution is 2.40. The van der Waals surface area contributed by atoms with Crippen molar-refractivity contribution in [3.05, 3.63) is 99.7 Å². The number of nitro benzene ring substituents is 1. The molecule has 0 atom stereocenters. The molecule has 0 saturated heterocycles. The number of hydrogen-bond acceptors (Lipinski definition) is 6. The minimum Gasteiger partial charge on any atom is -0.495 e. The number of imide groups is 1. The Morgan fingerprint density at radius 2 is 1.61 bits per heavy atom. The SMILES string of the molecule is COc1ccc(C)cc1N1C(=O)C(c2ccc([N+](=O)[O-])cc2)=C(N(C)c2ccccc2)C1=O. The monoisotopic (exact) mass is 443 g/mol. The molecule has 4 rings (SSSR count).